The quantitative estimate of drug-likeness (QED) is 0.0142. The lowest BCUT2D eigenvalue weighted by molar-refractivity contribution is -0.146. The van der Waals surface area contributed by atoms with Crippen molar-refractivity contribution in [1.82, 2.24) is 99.5 Å². The van der Waals surface area contributed by atoms with Crippen molar-refractivity contribution in [3.63, 3.8) is 0 Å². The number of guanidine groups is 3. The van der Waals surface area contributed by atoms with E-state index in [1.165, 1.54) is 66.0 Å². The van der Waals surface area contributed by atoms with Crippen LogP contribution in [0, 0.1) is 28.1 Å². The van der Waals surface area contributed by atoms with Gasteiger partial charge in [0.1, 0.15) is 90.0 Å². The first-order chi connectivity index (χ1) is 63.0. The number of hydrogen-bond donors (Lipinski definition) is 30. The van der Waals surface area contributed by atoms with E-state index in [0.717, 1.165) is 4.90 Å². The number of H-pyrrole nitrogens is 1. The summed E-state index contributed by atoms with van der Waals surface area (Å²) in [6.07, 6.45) is 0.275. The lowest BCUT2D eigenvalue weighted by atomic mass is 10.0. The van der Waals surface area contributed by atoms with E-state index < -0.39 is 235 Å². The minimum atomic E-state index is -1.99. The van der Waals surface area contributed by atoms with Crippen LogP contribution in [0.15, 0.2) is 61.1 Å². The molecular formula is C83H129N27O23. The van der Waals surface area contributed by atoms with E-state index in [-0.39, 0.29) is 158 Å². The SMILES string of the molecule is CC(C)C[C@H](NC(=O)[C@H](CC(=O)O)NC(=O)CNC(=O)[C@H](CC(C)C)NC(=O)[C@@H]1CCCN1C(=O)[C@H](CC(=O)O)NC(=O)[C@H](Cc1ccc(O)cc1)NC(=O)[C@H](CCCNC(=N)N)NC(=O)[C@H](Cc1ccc(O)cc1)NC(=O)[C@@H]1CCCN1C(=O)[C@@H](N)CCCNC(=N)N)C(=O)N[C@@H](CCCCN)C(=O)N[C@@H](CO)C(=O)N[C@@H](CCCNC(=N)N)C(=O)N[C@@H](Cc1cnc[nH]1)C(=O)O. The Hall–Kier alpha value is -14.1. The van der Waals surface area contributed by atoms with Crippen LogP contribution in [0.25, 0.3) is 0 Å². The van der Waals surface area contributed by atoms with E-state index in [2.05, 4.69) is 89.7 Å². The van der Waals surface area contributed by atoms with E-state index in [1.807, 2.05) is 0 Å². The summed E-state index contributed by atoms with van der Waals surface area (Å²) < 4.78 is 0. The summed E-state index contributed by atoms with van der Waals surface area (Å²) in [6, 6.07) is -10.9. The lowest BCUT2D eigenvalue weighted by Gasteiger charge is -2.31. The lowest BCUT2D eigenvalue weighted by Crippen LogP contribution is -2.61. The van der Waals surface area contributed by atoms with Gasteiger partial charge in [0.05, 0.1) is 38.4 Å². The number of likely N-dealkylation sites (tertiary alicyclic amines) is 2. The van der Waals surface area contributed by atoms with Crippen LogP contribution in [0.3, 0.4) is 0 Å². The zero-order chi connectivity index (χ0) is 98.7. The van der Waals surface area contributed by atoms with Gasteiger partial charge in [0.25, 0.3) is 0 Å². The molecule has 14 amide bonds. The number of aromatic nitrogens is 2. The van der Waals surface area contributed by atoms with Gasteiger partial charge in [0.15, 0.2) is 17.9 Å². The summed E-state index contributed by atoms with van der Waals surface area (Å²) in [4.78, 5) is 246. The Bertz CT molecular complexity index is 4490. The van der Waals surface area contributed by atoms with Gasteiger partial charge in [-0.3, -0.25) is 92.9 Å². The third-order valence-electron chi connectivity index (χ3n) is 21.4. The number of rotatable bonds is 58. The van der Waals surface area contributed by atoms with Crippen molar-refractivity contribution in [1.29, 1.82) is 16.2 Å². The molecule has 2 saturated heterocycles. The molecule has 2 aliphatic rings. The highest BCUT2D eigenvalue weighted by Gasteiger charge is 2.44. The van der Waals surface area contributed by atoms with Gasteiger partial charge in [-0.2, -0.15) is 0 Å². The number of benzene rings is 2. The largest absolute Gasteiger partial charge is 0.508 e. The predicted molar refractivity (Wildman–Crippen MR) is 476 cm³/mol. The van der Waals surface area contributed by atoms with Gasteiger partial charge in [-0.25, -0.2) is 9.78 Å². The van der Waals surface area contributed by atoms with Crippen LogP contribution in [0.2, 0.25) is 0 Å². The Morgan fingerprint density at radius 3 is 1.26 bits per heavy atom. The second-order valence-corrected chi connectivity index (χ2v) is 33.2. The monoisotopic (exact) mass is 1870 g/mol. The summed E-state index contributed by atoms with van der Waals surface area (Å²) in [5.74, 6) is -21.1. The molecule has 35 N–H and O–H groups in total. The zero-order valence-corrected chi connectivity index (χ0v) is 74.7. The zero-order valence-electron chi connectivity index (χ0n) is 74.7. The van der Waals surface area contributed by atoms with Crippen molar-refractivity contribution >= 4 is 118 Å². The predicted octanol–water partition coefficient (Wildman–Crippen LogP) is -7.36. The molecule has 3 heterocycles. The molecule has 0 aliphatic carbocycles. The molecule has 0 bridgehead atoms. The van der Waals surface area contributed by atoms with Crippen LogP contribution in [0.1, 0.15) is 154 Å². The number of carboxylic acid groups (broad SMARTS) is 3. The Labute approximate surface area is 766 Å². The van der Waals surface area contributed by atoms with Gasteiger partial charge in [-0.05, 0) is 150 Å². The van der Waals surface area contributed by atoms with Gasteiger partial charge in [-0.1, -0.05) is 52.0 Å². The number of hydrogen-bond acceptors (Lipinski definition) is 26. The molecule has 1 aromatic heterocycles. The highest BCUT2D eigenvalue weighted by molar-refractivity contribution is 6.01. The summed E-state index contributed by atoms with van der Waals surface area (Å²) >= 11 is 0. The number of unbranched alkanes of at least 4 members (excludes halogenated alkanes) is 1. The Morgan fingerprint density at radius 1 is 0.444 bits per heavy atom. The molecule has 5 rings (SSSR count). The molecule has 2 aliphatic heterocycles. The third kappa shape index (κ3) is 38.9. The molecular weight excluding hydrogens is 1740 g/mol. The Morgan fingerprint density at radius 2 is 0.820 bits per heavy atom. The molecule has 734 valence electrons. The molecule has 3 aromatic rings. The van der Waals surface area contributed by atoms with Crippen LogP contribution in [-0.4, -0.2) is 306 Å². The topological polar surface area (TPSA) is 829 Å². The number of nitrogens with zero attached hydrogens (tertiary/aromatic N) is 3. The fraction of sp³-hybridized carbons (Fsp3) is 0.578. The summed E-state index contributed by atoms with van der Waals surface area (Å²) in [5, 5.41) is 121. The Balaban J connectivity index is 1.32. The molecule has 14 atom stereocenters. The number of amides is 14. The fourth-order valence-electron chi connectivity index (χ4n) is 14.6. The molecule has 0 spiro atoms. The van der Waals surface area contributed by atoms with E-state index in [4.69, 9.17) is 44.9 Å². The van der Waals surface area contributed by atoms with E-state index in [0.29, 0.717) is 30.5 Å². The number of nitrogens with one attached hydrogen (secondary N) is 19. The second kappa shape index (κ2) is 55.8. The number of nitrogens with two attached hydrogens (primary N) is 5. The third-order valence-corrected chi connectivity index (χ3v) is 21.4. The van der Waals surface area contributed by atoms with E-state index >= 15 is 0 Å². The number of carboxylic acids is 3. The molecule has 0 radical (unpaired) electrons. The minimum absolute atomic E-state index is 0.00818. The van der Waals surface area contributed by atoms with Gasteiger partial charge >= 0.3 is 17.9 Å². The maximum absolute atomic E-state index is 14.9. The number of phenolic OH excluding ortho intramolecular Hbond substituents is 2. The highest BCUT2D eigenvalue weighted by Crippen LogP contribution is 2.24. The van der Waals surface area contributed by atoms with Crippen molar-refractivity contribution in [3.8, 4) is 11.5 Å². The van der Waals surface area contributed by atoms with Crippen molar-refractivity contribution in [2.75, 3.05) is 52.4 Å². The summed E-state index contributed by atoms with van der Waals surface area (Å²) in [6.45, 7) is 4.89. The number of aromatic hydroxyl groups is 2. The number of carbonyl (C=O) groups excluding carboxylic acids is 14. The first-order valence-corrected chi connectivity index (χ1v) is 43.7. The van der Waals surface area contributed by atoms with Gasteiger partial charge < -0.3 is 154 Å². The minimum Gasteiger partial charge on any atom is -0.508 e. The highest BCUT2D eigenvalue weighted by atomic mass is 16.4. The number of carbonyl (C=O) groups is 17. The van der Waals surface area contributed by atoms with Crippen molar-refractivity contribution in [3.05, 3.63) is 77.9 Å². The van der Waals surface area contributed by atoms with Gasteiger partial charge in [-0.15, -0.1) is 0 Å². The first-order valence-electron chi connectivity index (χ1n) is 43.7. The van der Waals surface area contributed by atoms with Crippen LogP contribution in [-0.2, 0) is 101 Å². The van der Waals surface area contributed by atoms with Crippen LogP contribution in [0.4, 0.5) is 0 Å². The molecule has 0 saturated carbocycles. The van der Waals surface area contributed by atoms with Crippen molar-refractivity contribution in [2.45, 2.75) is 241 Å². The second-order valence-electron chi connectivity index (χ2n) is 33.2. The first kappa shape index (κ1) is 109. The molecule has 50 nitrogen and oxygen atoms in total. The number of imidazole rings is 1. The summed E-state index contributed by atoms with van der Waals surface area (Å²) in [5.41, 5.74) is 29.4. The van der Waals surface area contributed by atoms with Crippen LogP contribution in [0.5, 0.6) is 11.5 Å². The van der Waals surface area contributed by atoms with Crippen molar-refractivity contribution in [2.24, 2.45) is 40.5 Å². The molecule has 133 heavy (non-hydrogen) atoms. The number of aliphatic carboxylic acids is 3. The van der Waals surface area contributed by atoms with Gasteiger partial charge in [0.2, 0.25) is 82.7 Å². The number of aromatic amines is 1. The number of aliphatic hydroxyl groups is 1. The Kier molecular flexibility index (Phi) is 46.0. The number of phenols is 2. The fourth-order valence-corrected chi connectivity index (χ4v) is 14.6. The molecule has 0 unspecified atom stereocenters. The maximum atomic E-state index is 14.9. The van der Waals surface area contributed by atoms with Crippen LogP contribution < -0.4 is 108 Å². The standard InChI is InChI=1S/C83H129N27O23/c1-43(2)32-54(67(119)96-40-64(114)98-58(37-65(115)116)74(126)102-55(33-44(3)4)71(123)99-51(13-5-6-26-84)70(122)108-61(41-111)75(127)101-53(15-9-29-95-83(90)91)69(121)107-60(80(132)133)36-47-39-92-42-97-47)104-77(129)63-17-11-31-110(63)79(131)59(38-66(117)118)106-73(125)56(34-45-18-22-48(112)23-19-45)103-68(120)52(14-8-28-94-82(88)89)100-72(124)57(35-46-20-24-49(113)25-21-46)105-76(128)62-16-10-30-109(62)78(130)50(85)12-7-27-93-81(86)87/h18-25,39,42-44,50-63,111-113H,5-17,26-38,40-41,84-85H2,1-4H3,(H,92,97)(H,96,119)(H,98,114)(H,99,123)(H,100,124)(H,101,127)(H,102,126)(H,103,120)(H,104,129)(H,105,128)(H,106,125)(H,107,121)(H,108,122)(H,115,116)(H,117,118)(H,132,133)(H4,86,87,93)(H4,88,89,94)(H4,90,91,95)/t50-,51-,52-,53-,54-,55-,56-,57-,58-,59-,60-,61-,62-,63-/m0/s1. The average molecular weight is 1870 g/mol. The normalized spacial score (nSPS) is 16.1. The molecule has 50 heteroatoms. The molecule has 2 fully saturated rings. The van der Waals surface area contributed by atoms with Crippen molar-refractivity contribution < 1.29 is 112 Å². The van der Waals surface area contributed by atoms with E-state index in [1.54, 1.807) is 27.7 Å². The molecule has 2 aromatic carbocycles. The number of aliphatic hydroxyl groups excluding tert-OH is 1. The average Bonchev–Trinajstić information content (AvgIpc) is 1.70. The van der Waals surface area contributed by atoms with E-state index in [9.17, 15) is 112 Å². The van der Waals surface area contributed by atoms with Gasteiger partial charge in [0, 0.05) is 63.9 Å². The van der Waals surface area contributed by atoms with Crippen LogP contribution >= 0.6 is 0 Å². The summed E-state index contributed by atoms with van der Waals surface area (Å²) in [7, 11) is 0. The maximum Gasteiger partial charge on any atom is 0.326 e. The smallest absolute Gasteiger partial charge is 0.326 e.